The fourth-order valence-electron chi connectivity index (χ4n) is 9.95. The Balaban J connectivity index is 0. The number of aliphatic hydroxyl groups is 2. The van der Waals surface area contributed by atoms with Gasteiger partial charge in [-0.15, -0.1) is 0 Å². The summed E-state index contributed by atoms with van der Waals surface area (Å²) in [4.78, 5) is 163. The molecule has 1 aromatic rings. The number of benzene rings is 1. The number of amides is 6. The fraction of sp³-hybridized carbons (Fsp3) is 0.553. The summed E-state index contributed by atoms with van der Waals surface area (Å²) >= 11 is -4.45. The average molecular weight is 1700 g/mol. The van der Waals surface area contributed by atoms with Crippen molar-refractivity contribution in [2.45, 2.75) is 240 Å². The summed E-state index contributed by atoms with van der Waals surface area (Å²) < 4.78 is 28.1. The number of fused-ring (bicyclic) bond motifs is 4. The van der Waals surface area contributed by atoms with Gasteiger partial charge in [0.25, 0.3) is 23.6 Å². The molecule has 11 rings (SSSR count). The van der Waals surface area contributed by atoms with Crippen LogP contribution in [0.3, 0.4) is 0 Å². The third-order valence-electron chi connectivity index (χ3n) is 14.4. The number of Topliss-reactive ketones (excluding diaryl/α,β-unsaturated/α-hetero) is 3. The van der Waals surface area contributed by atoms with Gasteiger partial charge in [-0.3, -0.25) is 68.4 Å². The number of carbonyl (C=O) groups excluding carboxylic acids is 14. The average Bonchev–Trinajstić information content (AvgIpc) is 1.66. The smallest absolute Gasteiger partial charge is 0.255 e. The number of hydrogen-bond donors (Lipinski definition) is 4. The van der Waals surface area contributed by atoms with Crippen molar-refractivity contribution in [3.63, 3.8) is 0 Å². The summed E-state index contributed by atoms with van der Waals surface area (Å²) in [6, 6.07) is 9.05. The molecule has 1 aromatic carbocycles. The Hall–Kier alpha value is -8.13. The van der Waals surface area contributed by atoms with Gasteiger partial charge < -0.3 is 19.7 Å². The van der Waals surface area contributed by atoms with E-state index in [1.165, 1.54) is 36.0 Å². The number of nitrogens with zero attached hydrogens (tertiary/aromatic N) is 4. The summed E-state index contributed by atoms with van der Waals surface area (Å²) in [5.74, 6) is -1.81. The first-order chi connectivity index (χ1) is 49.9. The zero-order valence-corrected chi connectivity index (χ0v) is 70.2. The molecule has 1 unspecified atom stereocenters. The second kappa shape index (κ2) is 54.5. The van der Waals surface area contributed by atoms with E-state index >= 15 is 0 Å². The van der Waals surface area contributed by atoms with Crippen LogP contribution >= 0.6 is 20.6 Å². The van der Waals surface area contributed by atoms with E-state index in [1.807, 2.05) is 108 Å². The van der Waals surface area contributed by atoms with E-state index in [0.717, 1.165) is 73.6 Å². The minimum Gasteiger partial charge on any atom is -0.512 e. The molecule has 5 aliphatic heterocycles. The van der Waals surface area contributed by atoms with Crippen molar-refractivity contribution in [2.24, 2.45) is 0 Å². The van der Waals surface area contributed by atoms with Crippen molar-refractivity contribution in [3.8, 4) is 0 Å². The van der Waals surface area contributed by atoms with Crippen molar-refractivity contribution in [2.75, 3.05) is 32.9 Å². The Bertz CT molecular complexity index is 3250. The van der Waals surface area contributed by atoms with Gasteiger partial charge in [-0.2, -0.15) is 0 Å². The summed E-state index contributed by atoms with van der Waals surface area (Å²) in [7, 11) is 0. The number of hydrazine groups is 3. The van der Waals surface area contributed by atoms with E-state index in [2.05, 4.69) is 38.8 Å². The van der Waals surface area contributed by atoms with Crippen molar-refractivity contribution in [1.29, 1.82) is 0 Å². The molecule has 0 saturated carbocycles. The molecule has 3 fully saturated rings. The minimum atomic E-state index is -2.59. The standard InChI is InChI=1S/C13H16N2O4.C11H10N2O4.C10H11IO4.C10H14O2.2C6H8O2.C4H7O.C3H4N2O2.5C2H6.3CH3.Sn/c1-2-19-10-7-14-11(17)6-12(18)15(14)13-8(10)4-3-5-9(13)16;14-7-3-1-2-6-8(15)5-12-9(16)4-10(17)13(12)11(6)7;1-8(12)14-11(15-9(2)13)10-6-4-3-5-7-10;1-3-12-8(2)9-5-4-6-10(11)7-9;2*7-5-2-1-3-6(8)4-5;1-3-5-4-2;6-2-1-3(7)5-4-2;5*1-2;;;;/h10H,2-7H2,1H3;1-5H2;3-7H,1-2H3;7H,2-6H2,1H3;2*4,7H,1-3H2;1,4H2,2H3;1H2,(H,4,6)(H,5,7);5*1-2H3;3*1H3;. The normalized spacial score (nSPS) is 17.9. The van der Waals surface area contributed by atoms with Crippen LogP contribution in [-0.2, 0) is 87.5 Å². The van der Waals surface area contributed by atoms with E-state index in [0.29, 0.717) is 94.6 Å². The first-order valence-corrected chi connectivity index (χ1v) is 49.1. The van der Waals surface area contributed by atoms with E-state index in [4.69, 9.17) is 30.6 Å². The molecule has 0 aromatic heterocycles. The molecule has 0 radical (unpaired) electrons. The number of hydrogen-bond acceptors (Lipinski definition) is 21. The number of halogens is 1. The maximum absolute atomic E-state index is 12.1. The number of nitrogens with one attached hydrogen (secondary N) is 2. The monoisotopic (exact) mass is 1700 g/mol. The number of rotatable bonds is 11. The minimum absolute atomic E-state index is 0.0278. The molecular formula is C76H117IN6O21Sn. The van der Waals surface area contributed by atoms with Gasteiger partial charge in [-0.1, -0.05) is 75.8 Å². The molecule has 29 heteroatoms. The van der Waals surface area contributed by atoms with Gasteiger partial charge in [0.15, 0.2) is 34.7 Å². The van der Waals surface area contributed by atoms with Crippen LogP contribution in [0.5, 0.6) is 0 Å². The predicted octanol–water partition coefficient (Wildman–Crippen LogP) is 12.9. The molecule has 27 nitrogen and oxygen atoms in total. The molecule has 6 amide bonds. The summed E-state index contributed by atoms with van der Waals surface area (Å²) in [5, 5.41) is 22.3. The third kappa shape index (κ3) is 35.7. The number of aliphatic hydroxyl groups excluding tert-OH is 2. The predicted molar refractivity (Wildman–Crippen MR) is 410 cm³/mol. The first-order valence-electron chi connectivity index (χ1n) is 36.3. The quantitative estimate of drug-likeness (QED) is 0.0692. The summed E-state index contributed by atoms with van der Waals surface area (Å²) in [5.41, 5.74) is 7.07. The number of carbonyl (C=O) groups is 14. The number of ether oxygens (including phenoxy) is 3. The van der Waals surface area contributed by atoms with Crippen LogP contribution in [-0.4, -0.2) is 170 Å². The van der Waals surface area contributed by atoms with Crippen molar-refractivity contribution < 1.29 is 97.7 Å². The molecule has 105 heavy (non-hydrogen) atoms. The molecule has 0 spiro atoms. The number of allylic oxidation sites excluding steroid dienone is 8. The Kier molecular flexibility index (Phi) is 51.3. The van der Waals surface area contributed by atoms with E-state index in [9.17, 15) is 67.1 Å². The molecular weight excluding hydrogens is 1580 g/mol. The van der Waals surface area contributed by atoms with Crippen molar-refractivity contribution >= 4 is 121 Å². The van der Waals surface area contributed by atoms with Gasteiger partial charge in [-0.05, 0) is 82.4 Å². The second-order valence-corrected chi connectivity index (χ2v) is 40.9. The zero-order chi connectivity index (χ0) is 80.7. The van der Waals surface area contributed by atoms with Crippen molar-refractivity contribution in [3.05, 3.63) is 114 Å². The van der Waals surface area contributed by atoms with Crippen LogP contribution in [0.15, 0.2) is 111 Å². The van der Waals surface area contributed by atoms with Gasteiger partial charge in [0.1, 0.15) is 49.1 Å². The Morgan fingerprint density at radius 3 is 1.33 bits per heavy atom. The molecule has 0 bridgehead atoms. The maximum Gasteiger partial charge on any atom is 0.255 e. The molecule has 3 saturated heterocycles. The van der Waals surface area contributed by atoms with Crippen LogP contribution in [0, 0.1) is 3.57 Å². The molecule has 10 aliphatic rings. The van der Waals surface area contributed by atoms with Crippen LogP contribution in [0.4, 0.5) is 0 Å². The van der Waals surface area contributed by atoms with E-state index in [1.54, 1.807) is 18.2 Å². The Morgan fingerprint density at radius 2 is 0.943 bits per heavy atom. The number of ketones is 6. The van der Waals surface area contributed by atoms with Gasteiger partial charge >= 0.3 is 158 Å². The van der Waals surface area contributed by atoms with Gasteiger partial charge in [0.2, 0.25) is 11.8 Å². The molecule has 5 heterocycles. The first kappa shape index (κ1) is 98.9. The van der Waals surface area contributed by atoms with Gasteiger partial charge in [0, 0.05) is 69.3 Å². The van der Waals surface area contributed by atoms with Crippen LogP contribution in [0.1, 0.15) is 219 Å². The fourth-order valence-corrected chi connectivity index (χ4v) is 14.3. The van der Waals surface area contributed by atoms with E-state index in [-0.39, 0.29) is 107 Å². The largest absolute Gasteiger partial charge is 0.512 e. The molecule has 588 valence electrons. The summed E-state index contributed by atoms with van der Waals surface area (Å²) in [6.07, 6.45) is 13.7. The zero-order valence-electron chi connectivity index (χ0n) is 65.2. The molecule has 1 atom stereocenters. The van der Waals surface area contributed by atoms with Gasteiger partial charge in [-0.25, -0.2) is 20.0 Å². The van der Waals surface area contributed by atoms with Crippen LogP contribution < -0.4 is 10.9 Å². The van der Waals surface area contributed by atoms with Crippen molar-refractivity contribution in [1.82, 2.24) is 30.9 Å². The molecule has 4 N–H and O–H groups in total. The third-order valence-corrected chi connectivity index (χ3v) is 23.4. The topological polar surface area (TPSA) is 363 Å². The molecule has 5 aliphatic carbocycles. The van der Waals surface area contributed by atoms with E-state index < -0.39 is 62.8 Å². The SMILES string of the molecule is C=C(OCC)C1=CC(=O)CCC1.C=[C](OCC)[Sn]([CH3])([CH3])[CH3].CC.CC.CC.CC.CC.CC(=O)OI(OC(C)=O)c1ccccc1.CCOC1CN2C(=O)CC(=O)N2C2=C1CCCC2=O.O=C1C=C(O)CCC1.O=C1C=C(O)CCC1.O=C1CC(=O)NN1.O=C1CN2C(=O)CC(=O)N2C2=C1CCCC2=O. The Morgan fingerprint density at radius 1 is 0.514 bits per heavy atom. The van der Waals surface area contributed by atoms with Crippen LogP contribution in [0.2, 0.25) is 14.8 Å². The summed E-state index contributed by atoms with van der Waals surface area (Å²) in [6.45, 7) is 38.2. The van der Waals surface area contributed by atoms with Gasteiger partial charge in [0.05, 0.1) is 24.7 Å². The Labute approximate surface area is 633 Å². The van der Waals surface area contributed by atoms with Crippen LogP contribution in [0.25, 0.3) is 0 Å². The maximum atomic E-state index is 12.1. The second-order valence-electron chi connectivity index (χ2n) is 23.1.